The molecule has 3 nitrogen and oxygen atoms in total. The minimum Gasteiger partial charge on any atom is -0.298 e. The van der Waals surface area contributed by atoms with Crippen LogP contribution < -0.4 is 10.9 Å². The number of pyridine rings is 1. The number of benzene rings is 2. The fraction of sp³-hybridized carbons (Fsp3) is 0.0714. The Kier molecular flexibility index (Phi) is 10.8. The van der Waals surface area contributed by atoms with E-state index in [-0.39, 0.29) is 6.85 Å². The number of hydrogen-bond donors (Lipinski definition) is 0. The van der Waals surface area contributed by atoms with Crippen LogP contribution in [0.25, 0.3) is 5.70 Å². The summed E-state index contributed by atoms with van der Waals surface area (Å²) in [4.78, 5) is 6.38. The predicted molar refractivity (Wildman–Crippen MR) is 141 cm³/mol. The third-order valence-electron chi connectivity index (χ3n) is 4.57. The van der Waals surface area contributed by atoms with Gasteiger partial charge in [-0.25, -0.2) is 0 Å². The second-order valence-electron chi connectivity index (χ2n) is 6.78. The van der Waals surface area contributed by atoms with Crippen LogP contribution >= 0.6 is 0 Å². The highest BCUT2D eigenvalue weighted by Gasteiger charge is 2.29. The molecule has 0 aliphatic heterocycles. The van der Waals surface area contributed by atoms with Gasteiger partial charge in [-0.05, 0) is 43.0 Å². The second kappa shape index (κ2) is 14.2. The van der Waals surface area contributed by atoms with Crippen LogP contribution in [0.3, 0.4) is 0 Å². The number of allylic oxidation sites excluding steroid dienone is 5. The van der Waals surface area contributed by atoms with E-state index in [2.05, 4.69) is 42.4 Å². The highest BCUT2D eigenvalue weighted by molar-refractivity contribution is 6.83. The van der Waals surface area contributed by atoms with Gasteiger partial charge >= 0.3 is 6.85 Å². The molecule has 0 atom stereocenters. The van der Waals surface area contributed by atoms with E-state index in [1.165, 1.54) is 0 Å². The molecule has 160 valence electrons. The number of hydrazone groups is 1. The van der Waals surface area contributed by atoms with E-state index in [0.29, 0.717) is 0 Å². The molecular formula is C28H30BN3. The van der Waals surface area contributed by atoms with Crippen molar-refractivity contribution in [2.24, 2.45) is 5.10 Å². The van der Waals surface area contributed by atoms with E-state index in [1.807, 2.05) is 97.7 Å². The summed E-state index contributed by atoms with van der Waals surface area (Å²) >= 11 is 0. The quantitative estimate of drug-likeness (QED) is 0.159. The van der Waals surface area contributed by atoms with Crippen LogP contribution in [0, 0.1) is 0 Å². The Hall–Kier alpha value is -3.92. The summed E-state index contributed by atoms with van der Waals surface area (Å²) in [6.45, 7) is 11.9. The zero-order valence-electron chi connectivity index (χ0n) is 18.9. The lowest BCUT2D eigenvalue weighted by Crippen LogP contribution is -2.53. The Morgan fingerprint density at radius 3 is 1.88 bits per heavy atom. The third-order valence-corrected chi connectivity index (χ3v) is 4.57. The molecule has 0 saturated heterocycles. The molecule has 0 saturated carbocycles. The van der Waals surface area contributed by atoms with Crippen molar-refractivity contribution < 1.29 is 0 Å². The van der Waals surface area contributed by atoms with Gasteiger partial charge in [-0.1, -0.05) is 104 Å². The van der Waals surface area contributed by atoms with E-state index in [1.54, 1.807) is 18.5 Å². The molecule has 0 fully saturated rings. The van der Waals surface area contributed by atoms with Gasteiger partial charge < -0.3 is 0 Å². The smallest absolute Gasteiger partial charge is 0.298 e. The van der Waals surface area contributed by atoms with Gasteiger partial charge in [0.1, 0.15) is 0 Å². The summed E-state index contributed by atoms with van der Waals surface area (Å²) < 4.78 is 0. The van der Waals surface area contributed by atoms with Crippen molar-refractivity contribution in [2.45, 2.75) is 13.8 Å². The Bertz CT molecular complexity index is 983. The molecule has 0 aliphatic carbocycles. The van der Waals surface area contributed by atoms with E-state index in [9.17, 15) is 0 Å². The summed E-state index contributed by atoms with van der Waals surface area (Å²) in [7, 11) is 0. The SMILES string of the molecule is C/C=C\C.C=C/C=C/C=N/N(B(c1ccccc1)c1ccccc1)C(=C)c1ccccn1. The molecule has 0 amide bonds. The van der Waals surface area contributed by atoms with Crippen LogP contribution in [0.5, 0.6) is 0 Å². The molecule has 0 aliphatic rings. The Morgan fingerprint density at radius 2 is 1.41 bits per heavy atom. The monoisotopic (exact) mass is 419 g/mol. The number of aromatic nitrogens is 1. The van der Waals surface area contributed by atoms with Gasteiger partial charge in [-0.15, -0.1) is 0 Å². The lowest BCUT2D eigenvalue weighted by atomic mass is 9.50. The standard InChI is InChI=1S/C24H22BN3.C4H8/c1-3-4-12-20-27-28(21(2)24-18-11-13-19-26-24)25(22-14-7-5-8-15-22)23-16-9-6-10-17-23;1-3-4-2/h3-20H,1-2H2;3-4H,1-2H3/b12-4+,27-20+;4-3-. The maximum absolute atomic E-state index is 4.72. The number of nitrogens with zero attached hydrogens (tertiary/aromatic N) is 3. The average molecular weight is 419 g/mol. The molecule has 3 aromatic rings. The molecule has 1 heterocycles. The zero-order valence-corrected chi connectivity index (χ0v) is 18.9. The molecule has 0 radical (unpaired) electrons. The summed E-state index contributed by atoms with van der Waals surface area (Å²) in [5.41, 5.74) is 3.75. The average Bonchev–Trinajstić information content (AvgIpc) is 2.87. The molecule has 3 rings (SSSR count). The van der Waals surface area contributed by atoms with E-state index < -0.39 is 0 Å². The van der Waals surface area contributed by atoms with Gasteiger partial charge in [0.2, 0.25) is 0 Å². The fourth-order valence-electron chi connectivity index (χ4n) is 2.93. The lowest BCUT2D eigenvalue weighted by Gasteiger charge is -2.28. The van der Waals surface area contributed by atoms with Crippen molar-refractivity contribution in [2.75, 3.05) is 0 Å². The Balaban J connectivity index is 0.000000837. The highest BCUT2D eigenvalue weighted by Crippen LogP contribution is 2.17. The van der Waals surface area contributed by atoms with Crippen molar-refractivity contribution in [3.05, 3.63) is 134 Å². The highest BCUT2D eigenvalue weighted by atomic mass is 15.4. The van der Waals surface area contributed by atoms with Gasteiger partial charge in [0.05, 0.1) is 11.4 Å². The van der Waals surface area contributed by atoms with Crippen LogP contribution in [-0.4, -0.2) is 23.0 Å². The third kappa shape index (κ3) is 7.40. The molecule has 2 aromatic carbocycles. The first kappa shape index (κ1) is 24.4. The van der Waals surface area contributed by atoms with Crippen molar-refractivity contribution in [1.82, 2.24) is 9.90 Å². The molecule has 0 unspecified atom stereocenters. The zero-order chi connectivity index (χ0) is 23.0. The molecule has 0 spiro atoms. The van der Waals surface area contributed by atoms with E-state index in [0.717, 1.165) is 22.3 Å². The van der Waals surface area contributed by atoms with Crippen molar-refractivity contribution in [3.63, 3.8) is 0 Å². The number of rotatable bonds is 8. The first-order valence-corrected chi connectivity index (χ1v) is 10.6. The van der Waals surface area contributed by atoms with Gasteiger partial charge in [0, 0.05) is 12.4 Å². The van der Waals surface area contributed by atoms with Crippen LogP contribution in [0.1, 0.15) is 19.5 Å². The van der Waals surface area contributed by atoms with Crippen LogP contribution in [0.4, 0.5) is 0 Å². The molecule has 0 N–H and O–H groups in total. The van der Waals surface area contributed by atoms with Crippen LogP contribution in [0.2, 0.25) is 0 Å². The van der Waals surface area contributed by atoms with E-state index in [4.69, 9.17) is 5.10 Å². The minimum absolute atomic E-state index is 0.134. The molecular weight excluding hydrogens is 389 g/mol. The van der Waals surface area contributed by atoms with Crippen molar-refractivity contribution in [3.8, 4) is 0 Å². The first-order valence-electron chi connectivity index (χ1n) is 10.6. The van der Waals surface area contributed by atoms with Crippen LogP contribution in [0.15, 0.2) is 134 Å². The molecule has 4 heteroatoms. The predicted octanol–water partition coefficient (Wildman–Crippen LogP) is 5.47. The molecule has 32 heavy (non-hydrogen) atoms. The van der Waals surface area contributed by atoms with E-state index >= 15 is 0 Å². The normalized spacial score (nSPS) is 10.7. The Morgan fingerprint density at radius 1 is 0.844 bits per heavy atom. The van der Waals surface area contributed by atoms with Gasteiger partial charge in [0.15, 0.2) is 0 Å². The summed E-state index contributed by atoms with van der Waals surface area (Å²) in [5, 5.41) is 4.72. The van der Waals surface area contributed by atoms with Gasteiger partial charge in [-0.2, -0.15) is 5.10 Å². The Labute approximate surface area is 192 Å². The summed E-state index contributed by atoms with van der Waals surface area (Å²) in [5.74, 6) is 0. The molecule has 1 aromatic heterocycles. The summed E-state index contributed by atoms with van der Waals surface area (Å²) in [6.07, 6.45) is 12.9. The van der Waals surface area contributed by atoms with Gasteiger partial charge in [0.25, 0.3) is 0 Å². The fourth-order valence-corrected chi connectivity index (χ4v) is 2.93. The van der Waals surface area contributed by atoms with Crippen molar-refractivity contribution >= 4 is 29.7 Å². The second-order valence-corrected chi connectivity index (χ2v) is 6.78. The van der Waals surface area contributed by atoms with Crippen LogP contribution in [-0.2, 0) is 0 Å². The van der Waals surface area contributed by atoms with Crippen molar-refractivity contribution in [1.29, 1.82) is 0 Å². The lowest BCUT2D eigenvalue weighted by molar-refractivity contribution is 0.665. The maximum atomic E-state index is 4.72. The largest absolute Gasteiger partial charge is 0.349 e. The maximum Gasteiger partial charge on any atom is 0.349 e. The number of hydrogen-bond acceptors (Lipinski definition) is 3. The van der Waals surface area contributed by atoms with Gasteiger partial charge in [-0.3, -0.25) is 9.90 Å². The first-order chi connectivity index (χ1) is 15.7. The summed E-state index contributed by atoms with van der Waals surface area (Å²) in [6, 6.07) is 26.4. The molecule has 0 bridgehead atoms. The topological polar surface area (TPSA) is 28.5 Å². The minimum atomic E-state index is -0.134.